The van der Waals surface area contributed by atoms with Gasteiger partial charge in [0, 0.05) is 35.2 Å². The fourth-order valence-corrected chi connectivity index (χ4v) is 11.3. The first-order valence-electron chi connectivity index (χ1n) is 17.3. The van der Waals surface area contributed by atoms with E-state index in [0.29, 0.717) is 17.8 Å². The highest BCUT2D eigenvalue weighted by atomic mass is 35.5. The summed E-state index contributed by atoms with van der Waals surface area (Å²) in [5, 5.41) is 24.5. The number of nitro benzene ring substituents is 1. The van der Waals surface area contributed by atoms with Gasteiger partial charge in [-0.2, -0.15) is 0 Å². The molecule has 8 rings (SSSR count). The molecular formula is C37H40ClN5O8. The topological polar surface area (TPSA) is 164 Å². The summed E-state index contributed by atoms with van der Waals surface area (Å²) in [5.74, 6) is -0.461. The lowest BCUT2D eigenvalue weighted by Gasteiger charge is -2.67. The van der Waals surface area contributed by atoms with Crippen molar-refractivity contribution in [3.8, 4) is 5.69 Å². The number of ketones is 1. The van der Waals surface area contributed by atoms with Gasteiger partial charge in [0.25, 0.3) is 5.69 Å². The number of nitrogens with zero attached hydrogens (tertiary/aromatic N) is 5. The van der Waals surface area contributed by atoms with Crippen molar-refractivity contribution in [1.29, 1.82) is 0 Å². The Hall–Kier alpha value is -4.36. The quantitative estimate of drug-likeness (QED) is 0.110. The molecule has 0 radical (unpaired) electrons. The molecular weight excluding hydrogens is 678 g/mol. The van der Waals surface area contributed by atoms with E-state index in [9.17, 15) is 19.7 Å². The highest BCUT2D eigenvalue weighted by Gasteiger charge is 2.89. The summed E-state index contributed by atoms with van der Waals surface area (Å²) in [7, 11) is 0. The minimum absolute atomic E-state index is 0.0165. The number of carbonyl (C=O) groups is 2. The van der Waals surface area contributed by atoms with Gasteiger partial charge in [-0.3, -0.25) is 19.7 Å². The van der Waals surface area contributed by atoms with Gasteiger partial charge in [0.1, 0.15) is 28.5 Å². The Kier molecular flexibility index (Phi) is 7.33. The van der Waals surface area contributed by atoms with E-state index in [4.69, 9.17) is 35.5 Å². The summed E-state index contributed by atoms with van der Waals surface area (Å²) in [4.78, 5) is 42.9. The van der Waals surface area contributed by atoms with Crippen LogP contribution in [0.1, 0.15) is 78.0 Å². The average Bonchev–Trinajstić information content (AvgIpc) is 3.34. The Morgan fingerprint density at radius 2 is 1.98 bits per heavy atom. The molecule has 3 aromatic rings. The van der Waals surface area contributed by atoms with Crippen LogP contribution in [0.15, 0.2) is 64.7 Å². The van der Waals surface area contributed by atoms with Gasteiger partial charge in [0.05, 0.1) is 35.0 Å². The zero-order chi connectivity index (χ0) is 36.3. The monoisotopic (exact) mass is 717 g/mol. The molecule has 4 fully saturated rings. The van der Waals surface area contributed by atoms with E-state index in [0.717, 1.165) is 24.1 Å². The van der Waals surface area contributed by atoms with Crippen LogP contribution in [0.2, 0.25) is 5.02 Å². The van der Waals surface area contributed by atoms with E-state index >= 15 is 0 Å². The van der Waals surface area contributed by atoms with Crippen molar-refractivity contribution < 1.29 is 33.2 Å². The highest BCUT2D eigenvalue weighted by Crippen LogP contribution is 2.81. The number of hydrogen-bond donors (Lipinski definition) is 0. The number of halogens is 1. The Morgan fingerprint density at radius 3 is 2.69 bits per heavy atom. The summed E-state index contributed by atoms with van der Waals surface area (Å²) in [6.45, 7) is 12.2. The van der Waals surface area contributed by atoms with Crippen LogP contribution in [-0.2, 0) is 30.5 Å². The predicted octanol–water partition coefficient (Wildman–Crippen LogP) is 6.78. The van der Waals surface area contributed by atoms with E-state index in [1.54, 1.807) is 30.9 Å². The second kappa shape index (κ2) is 11.1. The molecule has 1 aliphatic heterocycles. The molecule has 51 heavy (non-hydrogen) atoms. The molecule has 2 aromatic heterocycles. The van der Waals surface area contributed by atoms with Crippen molar-refractivity contribution in [3.05, 3.63) is 81.5 Å². The fraction of sp³-hybridized carbons (Fsp3) is 0.541. The number of rotatable bonds is 7. The SMILES string of the molecule is CC(=O)O[C@@H]1C[C@H]2C(C)(C)C(=O)C=C[C@]2(C)[C@H]2CC[C@@]3(C)[C@H](c4ccoc4)/C(=N\OCc4cn(-c5ccc(Cl)c([N+](=O)[O-])c5)nn4)[C@H]4O[C@]43[C@@]21C. The molecule has 5 aliphatic rings. The van der Waals surface area contributed by atoms with E-state index in [-0.39, 0.29) is 52.2 Å². The van der Waals surface area contributed by atoms with Crippen molar-refractivity contribution in [2.45, 2.75) is 91.1 Å². The standard InChI is InChI=1S/C37H40ClN5O8/c1-20(44)50-29-16-27-33(2,3)28(45)10-12-34(27,4)26-9-13-35(5)30(21-11-14-48-18-21)31(32-37(35,51-32)36(26,29)6)40-49-19-22-17-42(41-39-22)23-7-8-24(38)25(15-23)43(46)47/h7-8,10-12,14-15,17-18,26-27,29-30,32H,9,13,16,19H2,1-6H3/b40-31+/t26-,27+,29-,30-,32-,34-,35+,36+,37-/m1/s1. The zero-order valence-electron chi connectivity index (χ0n) is 29.3. The number of aromatic nitrogens is 3. The van der Waals surface area contributed by atoms with Crippen LogP contribution < -0.4 is 0 Å². The van der Waals surface area contributed by atoms with Crippen LogP contribution in [0, 0.1) is 43.6 Å². The number of nitro groups is 1. The molecule has 0 N–H and O–H groups in total. The first kappa shape index (κ1) is 33.8. The van der Waals surface area contributed by atoms with E-state index in [2.05, 4.69) is 37.2 Å². The molecule has 0 amide bonds. The fourth-order valence-electron chi connectivity index (χ4n) is 11.1. The van der Waals surface area contributed by atoms with Crippen LogP contribution in [0.4, 0.5) is 5.69 Å². The summed E-state index contributed by atoms with van der Waals surface area (Å²) < 4.78 is 20.3. The molecule has 4 aliphatic carbocycles. The van der Waals surface area contributed by atoms with Gasteiger partial charge >= 0.3 is 5.97 Å². The van der Waals surface area contributed by atoms with Crippen LogP contribution in [0.5, 0.6) is 0 Å². The lowest BCUT2D eigenvalue weighted by molar-refractivity contribution is -0.384. The van der Waals surface area contributed by atoms with Crippen LogP contribution in [-0.4, -0.2) is 55.2 Å². The van der Waals surface area contributed by atoms with Crippen LogP contribution in [0.25, 0.3) is 5.69 Å². The zero-order valence-corrected chi connectivity index (χ0v) is 30.0. The van der Waals surface area contributed by atoms with Crippen molar-refractivity contribution in [1.82, 2.24) is 15.0 Å². The van der Waals surface area contributed by atoms with Gasteiger partial charge in [-0.25, -0.2) is 4.68 Å². The Morgan fingerprint density at radius 1 is 1.20 bits per heavy atom. The predicted molar refractivity (Wildman–Crippen MR) is 183 cm³/mol. The first-order chi connectivity index (χ1) is 24.1. The smallest absolute Gasteiger partial charge is 0.302 e. The maximum absolute atomic E-state index is 13.2. The Labute approximate surface area is 299 Å². The van der Waals surface area contributed by atoms with Crippen LogP contribution >= 0.6 is 11.6 Å². The molecule has 13 nitrogen and oxygen atoms in total. The van der Waals surface area contributed by atoms with Crippen molar-refractivity contribution in [2.24, 2.45) is 38.7 Å². The van der Waals surface area contributed by atoms with Gasteiger partial charge < -0.3 is 18.7 Å². The molecule has 1 spiro atoms. The van der Waals surface area contributed by atoms with Crippen LogP contribution in [0.3, 0.4) is 0 Å². The lowest BCUT2D eigenvalue weighted by Crippen LogP contribution is -2.70. The van der Waals surface area contributed by atoms with E-state index in [1.807, 2.05) is 19.9 Å². The lowest BCUT2D eigenvalue weighted by atomic mass is 9.36. The number of fused-ring (bicyclic) bond motifs is 3. The van der Waals surface area contributed by atoms with Gasteiger partial charge in [-0.1, -0.05) is 62.7 Å². The minimum atomic E-state index is -0.743. The molecule has 3 saturated carbocycles. The van der Waals surface area contributed by atoms with Gasteiger partial charge in [-0.15, -0.1) is 5.10 Å². The maximum atomic E-state index is 13.2. The summed E-state index contributed by atoms with van der Waals surface area (Å²) in [5.41, 5.74) is -0.472. The Balaban J connectivity index is 1.15. The normalized spacial score (nSPS) is 38.0. The number of allylic oxidation sites excluding steroid dienone is 2. The molecule has 3 heterocycles. The second-order valence-electron chi connectivity index (χ2n) is 16.0. The molecule has 0 bridgehead atoms. The second-order valence-corrected chi connectivity index (χ2v) is 16.4. The molecule has 1 saturated heterocycles. The summed E-state index contributed by atoms with van der Waals surface area (Å²) in [6, 6.07) is 6.33. The average molecular weight is 718 g/mol. The number of esters is 1. The van der Waals surface area contributed by atoms with Gasteiger partial charge in [0.15, 0.2) is 12.4 Å². The molecule has 0 unspecified atom stereocenters. The van der Waals surface area contributed by atoms with Gasteiger partial charge in [0.2, 0.25) is 0 Å². The number of carbonyl (C=O) groups excluding carboxylic acids is 2. The van der Waals surface area contributed by atoms with Crippen molar-refractivity contribution in [2.75, 3.05) is 0 Å². The van der Waals surface area contributed by atoms with Crippen molar-refractivity contribution in [3.63, 3.8) is 0 Å². The third kappa shape index (κ3) is 4.46. The van der Waals surface area contributed by atoms with Crippen molar-refractivity contribution >= 4 is 34.8 Å². The number of ether oxygens (including phenoxy) is 2. The van der Waals surface area contributed by atoms with E-state index in [1.165, 1.54) is 23.7 Å². The number of furan rings is 1. The maximum Gasteiger partial charge on any atom is 0.302 e. The largest absolute Gasteiger partial charge is 0.472 e. The Bertz CT molecular complexity index is 2030. The summed E-state index contributed by atoms with van der Waals surface area (Å²) >= 11 is 5.99. The highest BCUT2D eigenvalue weighted by molar-refractivity contribution is 6.32. The number of benzene rings is 1. The number of epoxide rings is 1. The first-order valence-corrected chi connectivity index (χ1v) is 17.6. The van der Waals surface area contributed by atoms with Gasteiger partial charge in [-0.05, 0) is 66.4 Å². The minimum Gasteiger partial charge on any atom is -0.472 e. The molecule has 1 aromatic carbocycles. The number of hydrogen-bond acceptors (Lipinski definition) is 11. The molecule has 268 valence electrons. The number of oxime groups is 1. The van der Waals surface area contributed by atoms with E-state index < -0.39 is 39.0 Å². The molecule has 14 heteroatoms. The summed E-state index contributed by atoms with van der Waals surface area (Å²) in [6.07, 6.45) is 10.1. The third-order valence-electron chi connectivity index (χ3n) is 13.4. The molecule has 9 atom stereocenters. The third-order valence-corrected chi connectivity index (χ3v) is 13.7.